The van der Waals surface area contributed by atoms with Crippen molar-refractivity contribution < 1.29 is 40.2 Å². The fraction of sp³-hybridized carbons (Fsp3) is 0.0909. The number of carbonyl (C=O) groups is 2. The van der Waals surface area contributed by atoms with Gasteiger partial charge in [-0.1, -0.05) is 12.2 Å². The lowest BCUT2D eigenvalue weighted by molar-refractivity contribution is -0.113. The molecule has 2 aliphatic carbocycles. The van der Waals surface area contributed by atoms with E-state index in [2.05, 4.69) is 13.2 Å². The molecule has 0 atom stereocenters. The molecule has 0 unspecified atom stereocenters. The van der Waals surface area contributed by atoms with E-state index in [-0.39, 0.29) is 24.0 Å². The molecule has 0 heterocycles. The predicted octanol–water partition coefficient (Wildman–Crippen LogP) is 3.09. The van der Waals surface area contributed by atoms with E-state index in [1.807, 2.05) is 0 Å². The Labute approximate surface area is 170 Å². The minimum absolute atomic E-state index is 0.0151. The summed E-state index contributed by atoms with van der Waals surface area (Å²) in [6.07, 6.45) is 3.50. The summed E-state index contributed by atoms with van der Waals surface area (Å²) < 4.78 is 0. The summed E-state index contributed by atoms with van der Waals surface area (Å²) in [5.41, 5.74) is -1.96. The number of phenols is 3. The zero-order valence-corrected chi connectivity index (χ0v) is 15.6. The highest BCUT2D eigenvalue weighted by Gasteiger charge is 2.43. The van der Waals surface area contributed by atoms with Gasteiger partial charge in [-0.2, -0.15) is 0 Å². The van der Waals surface area contributed by atoms with Gasteiger partial charge in [0.1, 0.15) is 34.5 Å². The molecular weight excluding hydrogens is 392 g/mol. The van der Waals surface area contributed by atoms with Crippen LogP contribution in [0.3, 0.4) is 0 Å². The minimum Gasteiger partial charge on any atom is -0.507 e. The summed E-state index contributed by atoms with van der Waals surface area (Å²) in [5.74, 6) is -5.41. The molecule has 0 saturated heterocycles. The van der Waals surface area contributed by atoms with Crippen LogP contribution in [0, 0.1) is 0 Å². The number of rotatable bonds is 5. The van der Waals surface area contributed by atoms with Gasteiger partial charge in [-0.25, -0.2) is 0 Å². The number of aliphatic hydroxyl groups is 3. The van der Waals surface area contributed by atoms with Crippen molar-refractivity contribution in [2.75, 3.05) is 0 Å². The summed E-state index contributed by atoms with van der Waals surface area (Å²) in [5, 5.41) is 61.5. The van der Waals surface area contributed by atoms with Gasteiger partial charge in [-0.3, -0.25) is 9.59 Å². The molecule has 8 heteroatoms. The van der Waals surface area contributed by atoms with Crippen molar-refractivity contribution in [1.82, 2.24) is 0 Å². The Hall–Kier alpha value is -4.20. The zero-order chi connectivity index (χ0) is 22.3. The van der Waals surface area contributed by atoms with Gasteiger partial charge in [-0.15, -0.1) is 13.2 Å². The molecule has 1 aromatic rings. The van der Waals surface area contributed by atoms with Crippen LogP contribution in [0.2, 0.25) is 0 Å². The second kappa shape index (κ2) is 7.32. The Kier molecular flexibility index (Phi) is 5.01. The lowest BCUT2D eigenvalue weighted by Gasteiger charge is -2.27. The van der Waals surface area contributed by atoms with Gasteiger partial charge in [0.25, 0.3) is 0 Å². The molecule has 6 N–H and O–H groups in total. The highest BCUT2D eigenvalue weighted by molar-refractivity contribution is 6.40. The van der Waals surface area contributed by atoms with E-state index in [0.717, 1.165) is 12.1 Å². The standard InChI is InChI=1S/C22H18O8/c1-3-5-9-11(23)7-13(25)15(19(9)27)17-21(29)18(22(17)30)16-14(26)8-12(24)10(6-4-2)20(16)28/h3-4,7-8,23,25-29H,1-2,5-6H2/b18-16-. The molecule has 154 valence electrons. The number of phenolic OH excluding ortho intramolecular Hbond substituents is 3. The van der Waals surface area contributed by atoms with Crippen molar-refractivity contribution in [3.8, 4) is 17.2 Å². The van der Waals surface area contributed by atoms with E-state index in [9.17, 15) is 40.2 Å². The Bertz CT molecular complexity index is 1160. The van der Waals surface area contributed by atoms with Gasteiger partial charge in [-0.05, 0) is 12.8 Å². The third kappa shape index (κ3) is 2.86. The molecule has 0 aliphatic heterocycles. The van der Waals surface area contributed by atoms with E-state index in [1.54, 1.807) is 0 Å². The molecule has 2 aliphatic rings. The van der Waals surface area contributed by atoms with Gasteiger partial charge >= 0.3 is 0 Å². The van der Waals surface area contributed by atoms with Gasteiger partial charge in [0.15, 0.2) is 5.78 Å². The Morgan fingerprint density at radius 3 is 2.00 bits per heavy atom. The number of aromatic hydroxyl groups is 3. The van der Waals surface area contributed by atoms with Crippen LogP contribution in [0.1, 0.15) is 17.5 Å². The largest absolute Gasteiger partial charge is 0.507 e. The molecule has 0 radical (unpaired) electrons. The average molecular weight is 410 g/mol. The first-order chi connectivity index (χ1) is 14.1. The summed E-state index contributed by atoms with van der Waals surface area (Å²) in [7, 11) is 0. The summed E-state index contributed by atoms with van der Waals surface area (Å²) in [6.45, 7) is 6.97. The molecule has 8 nitrogen and oxygen atoms in total. The number of hydrogen-bond donors (Lipinski definition) is 6. The Morgan fingerprint density at radius 2 is 1.43 bits per heavy atom. The van der Waals surface area contributed by atoms with Crippen molar-refractivity contribution in [1.29, 1.82) is 0 Å². The van der Waals surface area contributed by atoms with E-state index in [1.165, 1.54) is 12.2 Å². The summed E-state index contributed by atoms with van der Waals surface area (Å²) >= 11 is 0. The maximum atomic E-state index is 12.8. The third-order valence-electron chi connectivity index (χ3n) is 4.83. The Morgan fingerprint density at radius 1 is 0.800 bits per heavy atom. The molecule has 0 fully saturated rings. The highest BCUT2D eigenvalue weighted by atomic mass is 16.3. The van der Waals surface area contributed by atoms with Gasteiger partial charge in [0.2, 0.25) is 5.78 Å². The SMILES string of the molecule is C=CCC1=C(O)/C(=C2\C(=O)C(c3c(O)cc(O)c(CC=C)c3O)=C2O)C(O)=CC1=O. The first kappa shape index (κ1) is 20.5. The first-order valence-corrected chi connectivity index (χ1v) is 8.74. The van der Waals surface area contributed by atoms with Crippen LogP contribution in [-0.2, 0) is 16.0 Å². The molecule has 30 heavy (non-hydrogen) atoms. The number of Topliss-reactive ketones (excluding diaryl/α,β-unsaturated/α-hetero) is 1. The quantitative estimate of drug-likeness (QED) is 0.319. The molecule has 0 saturated carbocycles. The normalized spacial score (nSPS) is 19.0. The molecule has 0 amide bonds. The fourth-order valence-corrected chi connectivity index (χ4v) is 3.40. The molecule has 0 spiro atoms. The van der Waals surface area contributed by atoms with Gasteiger partial charge < -0.3 is 30.6 Å². The second-order valence-corrected chi connectivity index (χ2v) is 6.63. The number of hydrogen-bond acceptors (Lipinski definition) is 8. The molecule has 3 rings (SSSR count). The van der Waals surface area contributed by atoms with Crippen molar-refractivity contribution in [2.45, 2.75) is 12.8 Å². The fourth-order valence-electron chi connectivity index (χ4n) is 3.40. The van der Waals surface area contributed by atoms with Crippen LogP contribution in [0.4, 0.5) is 0 Å². The van der Waals surface area contributed by atoms with Crippen LogP contribution in [0.5, 0.6) is 17.2 Å². The summed E-state index contributed by atoms with van der Waals surface area (Å²) in [4.78, 5) is 24.8. The minimum atomic E-state index is -0.901. The topological polar surface area (TPSA) is 156 Å². The lowest BCUT2D eigenvalue weighted by Crippen LogP contribution is -2.26. The van der Waals surface area contributed by atoms with Crippen molar-refractivity contribution in [2.24, 2.45) is 0 Å². The van der Waals surface area contributed by atoms with Gasteiger partial charge in [0.05, 0.1) is 22.3 Å². The van der Waals surface area contributed by atoms with Gasteiger partial charge in [0, 0.05) is 23.3 Å². The van der Waals surface area contributed by atoms with Crippen LogP contribution in [0.25, 0.3) is 5.57 Å². The number of ketones is 2. The molecule has 1 aromatic carbocycles. The first-order valence-electron chi connectivity index (χ1n) is 8.74. The smallest absolute Gasteiger partial charge is 0.202 e. The average Bonchev–Trinajstić information content (AvgIpc) is 2.68. The van der Waals surface area contributed by atoms with E-state index in [0.29, 0.717) is 0 Å². The van der Waals surface area contributed by atoms with E-state index < -0.39 is 68.4 Å². The lowest BCUT2D eigenvalue weighted by atomic mass is 9.77. The zero-order valence-electron chi connectivity index (χ0n) is 15.6. The molecule has 0 aromatic heterocycles. The Balaban J connectivity index is 2.26. The van der Waals surface area contributed by atoms with Crippen molar-refractivity contribution in [3.05, 3.63) is 82.6 Å². The van der Waals surface area contributed by atoms with Crippen LogP contribution >= 0.6 is 0 Å². The number of carbonyl (C=O) groups excluding carboxylic acids is 2. The monoisotopic (exact) mass is 410 g/mol. The number of aliphatic hydroxyl groups excluding tert-OH is 3. The third-order valence-corrected chi connectivity index (χ3v) is 4.83. The van der Waals surface area contributed by atoms with E-state index >= 15 is 0 Å². The van der Waals surface area contributed by atoms with Crippen molar-refractivity contribution in [3.63, 3.8) is 0 Å². The molecular formula is C22H18O8. The maximum absolute atomic E-state index is 12.8. The van der Waals surface area contributed by atoms with Crippen LogP contribution in [0.15, 0.2) is 71.4 Å². The van der Waals surface area contributed by atoms with Crippen LogP contribution < -0.4 is 0 Å². The number of benzene rings is 1. The second-order valence-electron chi connectivity index (χ2n) is 6.63. The van der Waals surface area contributed by atoms with Crippen LogP contribution in [-0.4, -0.2) is 42.2 Å². The summed E-state index contributed by atoms with van der Waals surface area (Å²) in [6, 6.07) is 0.906. The highest BCUT2D eigenvalue weighted by Crippen LogP contribution is 2.49. The number of allylic oxidation sites excluding steroid dienone is 6. The maximum Gasteiger partial charge on any atom is 0.202 e. The van der Waals surface area contributed by atoms with Crippen molar-refractivity contribution >= 4 is 17.1 Å². The predicted molar refractivity (Wildman–Crippen MR) is 107 cm³/mol. The molecule has 0 bridgehead atoms. The van der Waals surface area contributed by atoms with E-state index in [4.69, 9.17) is 0 Å².